The molecule has 21 heavy (non-hydrogen) atoms. The van der Waals surface area contributed by atoms with Crippen LogP contribution in [-0.2, 0) is 6.54 Å². The Labute approximate surface area is 128 Å². The molecule has 2 heteroatoms. The summed E-state index contributed by atoms with van der Waals surface area (Å²) in [6.07, 6.45) is 7.45. The number of benzene rings is 1. The fourth-order valence-electron chi connectivity index (χ4n) is 5.52. The molecule has 114 valence electrons. The number of nitrogens with zero attached hydrogens (tertiary/aromatic N) is 1. The maximum atomic E-state index is 3.85. The standard InChI is InChI=1S/C19H28N2/c1-21(2)12-13-6-8-15(9-7-13)20-19-11-14-10-18(19)17-5-3-4-16(14)17/h6-9,14,16-20H,3-5,10-12H2,1-2H3. The molecule has 0 saturated heterocycles. The average Bonchev–Trinajstić information content (AvgIpc) is 3.12. The van der Waals surface area contributed by atoms with E-state index in [1.165, 1.54) is 43.4 Å². The summed E-state index contributed by atoms with van der Waals surface area (Å²) < 4.78 is 0. The van der Waals surface area contributed by atoms with Gasteiger partial charge in [0.2, 0.25) is 0 Å². The smallest absolute Gasteiger partial charge is 0.0342 e. The second kappa shape index (κ2) is 5.31. The monoisotopic (exact) mass is 284 g/mol. The SMILES string of the molecule is CN(C)Cc1ccc(NC2CC3CC2C2CCCC32)cc1. The first-order valence-corrected chi connectivity index (χ1v) is 8.71. The van der Waals surface area contributed by atoms with Crippen molar-refractivity contribution in [2.45, 2.75) is 44.7 Å². The zero-order valence-electron chi connectivity index (χ0n) is 13.4. The zero-order valence-corrected chi connectivity index (χ0v) is 13.4. The van der Waals surface area contributed by atoms with Crippen molar-refractivity contribution in [3.05, 3.63) is 29.8 Å². The molecular weight excluding hydrogens is 256 g/mol. The van der Waals surface area contributed by atoms with Crippen molar-refractivity contribution in [1.82, 2.24) is 4.90 Å². The van der Waals surface area contributed by atoms with Gasteiger partial charge in [0.05, 0.1) is 0 Å². The van der Waals surface area contributed by atoms with Gasteiger partial charge >= 0.3 is 0 Å². The van der Waals surface area contributed by atoms with Crippen LogP contribution in [0.2, 0.25) is 0 Å². The van der Waals surface area contributed by atoms with Crippen molar-refractivity contribution in [3.63, 3.8) is 0 Å². The summed E-state index contributed by atoms with van der Waals surface area (Å²) in [6.45, 7) is 1.03. The molecule has 0 heterocycles. The Kier molecular flexibility index (Phi) is 3.45. The molecule has 0 radical (unpaired) electrons. The van der Waals surface area contributed by atoms with E-state index in [0.29, 0.717) is 0 Å². The van der Waals surface area contributed by atoms with Crippen LogP contribution >= 0.6 is 0 Å². The van der Waals surface area contributed by atoms with Crippen molar-refractivity contribution < 1.29 is 0 Å². The first kappa shape index (κ1) is 13.6. The number of fused-ring (bicyclic) bond motifs is 5. The van der Waals surface area contributed by atoms with Crippen molar-refractivity contribution in [2.75, 3.05) is 19.4 Å². The van der Waals surface area contributed by atoms with Gasteiger partial charge in [0.25, 0.3) is 0 Å². The highest BCUT2D eigenvalue weighted by molar-refractivity contribution is 5.46. The van der Waals surface area contributed by atoms with Crippen LogP contribution in [0.3, 0.4) is 0 Å². The lowest BCUT2D eigenvalue weighted by molar-refractivity contribution is 0.243. The Morgan fingerprint density at radius 1 is 1.00 bits per heavy atom. The molecule has 0 amide bonds. The van der Waals surface area contributed by atoms with Gasteiger partial charge in [-0.1, -0.05) is 18.6 Å². The number of anilines is 1. The van der Waals surface area contributed by atoms with Crippen LogP contribution in [0.15, 0.2) is 24.3 Å². The molecule has 0 aliphatic heterocycles. The largest absolute Gasteiger partial charge is 0.382 e. The minimum Gasteiger partial charge on any atom is -0.382 e. The Balaban J connectivity index is 1.41. The van der Waals surface area contributed by atoms with E-state index in [0.717, 1.165) is 36.3 Å². The van der Waals surface area contributed by atoms with Crippen LogP contribution in [0.25, 0.3) is 0 Å². The van der Waals surface area contributed by atoms with Gasteiger partial charge in [0, 0.05) is 18.3 Å². The van der Waals surface area contributed by atoms with Gasteiger partial charge in [0.15, 0.2) is 0 Å². The highest BCUT2D eigenvalue weighted by atomic mass is 15.0. The lowest BCUT2D eigenvalue weighted by atomic mass is 9.79. The Morgan fingerprint density at radius 2 is 1.76 bits per heavy atom. The van der Waals surface area contributed by atoms with Crippen LogP contribution < -0.4 is 5.32 Å². The second-order valence-corrected chi connectivity index (χ2v) is 7.84. The van der Waals surface area contributed by atoms with E-state index < -0.39 is 0 Å². The lowest BCUT2D eigenvalue weighted by Gasteiger charge is -2.32. The van der Waals surface area contributed by atoms with E-state index in [-0.39, 0.29) is 0 Å². The summed E-state index contributed by atoms with van der Waals surface area (Å²) in [5.41, 5.74) is 2.72. The van der Waals surface area contributed by atoms with E-state index >= 15 is 0 Å². The Hall–Kier alpha value is -1.02. The van der Waals surface area contributed by atoms with Crippen LogP contribution in [0.1, 0.15) is 37.7 Å². The van der Waals surface area contributed by atoms with Crippen LogP contribution in [0.5, 0.6) is 0 Å². The molecule has 3 saturated carbocycles. The summed E-state index contributed by atoms with van der Waals surface area (Å²) in [6, 6.07) is 9.84. The first-order chi connectivity index (χ1) is 10.2. The van der Waals surface area contributed by atoms with Gasteiger partial charge in [-0.25, -0.2) is 0 Å². The Morgan fingerprint density at radius 3 is 2.52 bits per heavy atom. The molecule has 0 aromatic heterocycles. The first-order valence-electron chi connectivity index (χ1n) is 8.71. The second-order valence-electron chi connectivity index (χ2n) is 7.84. The number of rotatable bonds is 4. The van der Waals surface area contributed by atoms with Crippen molar-refractivity contribution in [3.8, 4) is 0 Å². The van der Waals surface area contributed by atoms with Crippen LogP contribution in [0, 0.1) is 23.7 Å². The molecule has 2 nitrogen and oxygen atoms in total. The van der Waals surface area contributed by atoms with Gasteiger partial charge in [-0.05, 0) is 81.1 Å². The fourth-order valence-corrected chi connectivity index (χ4v) is 5.52. The molecule has 3 aliphatic rings. The van der Waals surface area contributed by atoms with Crippen molar-refractivity contribution in [1.29, 1.82) is 0 Å². The minimum atomic E-state index is 0.744. The molecule has 1 aromatic rings. The van der Waals surface area contributed by atoms with Crippen LogP contribution in [0.4, 0.5) is 5.69 Å². The van der Waals surface area contributed by atoms with Gasteiger partial charge in [0.1, 0.15) is 0 Å². The molecule has 1 N–H and O–H groups in total. The molecule has 5 unspecified atom stereocenters. The summed E-state index contributed by atoms with van der Waals surface area (Å²) in [5, 5.41) is 3.85. The van der Waals surface area contributed by atoms with E-state index in [2.05, 4.69) is 48.6 Å². The fraction of sp³-hybridized carbons (Fsp3) is 0.684. The summed E-state index contributed by atoms with van der Waals surface area (Å²) in [4.78, 5) is 2.22. The minimum absolute atomic E-state index is 0.744. The van der Waals surface area contributed by atoms with E-state index in [4.69, 9.17) is 0 Å². The Bertz CT molecular complexity index is 493. The summed E-state index contributed by atoms with van der Waals surface area (Å²) in [7, 11) is 4.25. The van der Waals surface area contributed by atoms with E-state index in [9.17, 15) is 0 Å². The van der Waals surface area contributed by atoms with E-state index in [1.54, 1.807) is 0 Å². The highest BCUT2D eigenvalue weighted by Crippen LogP contribution is 2.59. The number of hydrogen-bond acceptors (Lipinski definition) is 2. The third-order valence-electron chi connectivity index (χ3n) is 6.23. The maximum Gasteiger partial charge on any atom is 0.0342 e. The molecule has 2 bridgehead atoms. The van der Waals surface area contributed by atoms with Gasteiger partial charge in [-0.2, -0.15) is 0 Å². The number of nitrogens with one attached hydrogen (secondary N) is 1. The summed E-state index contributed by atoms with van der Waals surface area (Å²) >= 11 is 0. The lowest BCUT2D eigenvalue weighted by Crippen LogP contribution is -2.33. The average molecular weight is 284 g/mol. The third-order valence-corrected chi connectivity index (χ3v) is 6.23. The molecule has 5 atom stereocenters. The third kappa shape index (κ3) is 2.48. The molecule has 1 aromatic carbocycles. The highest BCUT2D eigenvalue weighted by Gasteiger charge is 2.53. The normalized spacial score (nSPS) is 37.2. The molecule has 0 spiro atoms. The molecule has 4 rings (SSSR count). The maximum absolute atomic E-state index is 3.85. The van der Waals surface area contributed by atoms with Crippen LogP contribution in [-0.4, -0.2) is 25.0 Å². The topological polar surface area (TPSA) is 15.3 Å². The van der Waals surface area contributed by atoms with Gasteiger partial charge < -0.3 is 10.2 Å². The van der Waals surface area contributed by atoms with Crippen molar-refractivity contribution in [2.24, 2.45) is 23.7 Å². The van der Waals surface area contributed by atoms with Gasteiger partial charge in [-0.3, -0.25) is 0 Å². The molecule has 3 fully saturated rings. The predicted octanol–water partition coefficient (Wildman–Crippen LogP) is 3.98. The predicted molar refractivity (Wildman–Crippen MR) is 88.3 cm³/mol. The molecule has 3 aliphatic carbocycles. The quantitative estimate of drug-likeness (QED) is 0.899. The van der Waals surface area contributed by atoms with E-state index in [1.807, 2.05) is 0 Å². The summed E-state index contributed by atoms with van der Waals surface area (Å²) in [5.74, 6) is 4.14. The zero-order chi connectivity index (χ0) is 14.4. The van der Waals surface area contributed by atoms with Gasteiger partial charge in [-0.15, -0.1) is 0 Å². The molecular formula is C19H28N2. The van der Waals surface area contributed by atoms with Crippen molar-refractivity contribution >= 4 is 5.69 Å². The number of hydrogen-bond donors (Lipinski definition) is 1.